The second kappa shape index (κ2) is 3.62. The number of fused-ring (bicyclic) bond motifs is 1. The zero-order valence-corrected chi connectivity index (χ0v) is 8.40. The molecule has 1 unspecified atom stereocenters. The minimum absolute atomic E-state index is 0.242. The molecule has 2 aromatic rings. The summed E-state index contributed by atoms with van der Waals surface area (Å²) in [6.45, 7) is 0. The fourth-order valence-corrected chi connectivity index (χ4v) is 1.45. The molecule has 86 valence electrons. The number of aromatic amines is 1. The van der Waals surface area contributed by atoms with Gasteiger partial charge in [-0.1, -0.05) is 11.6 Å². The molecule has 0 aliphatic heterocycles. The first-order valence-corrected chi connectivity index (χ1v) is 4.61. The van der Waals surface area contributed by atoms with Crippen LogP contribution in [0, 0.1) is 0 Å². The Kier molecular flexibility index (Phi) is 2.53. The number of H-pyrrole nitrogens is 1. The molecular formula is C9H5ClF4N2. The number of aromatic nitrogens is 2. The monoisotopic (exact) mass is 252 g/mol. The van der Waals surface area contributed by atoms with Crippen LogP contribution in [0.4, 0.5) is 17.6 Å². The predicted octanol–water partition coefficient (Wildman–Crippen LogP) is 3.79. The number of alkyl halides is 4. The van der Waals surface area contributed by atoms with Crippen LogP contribution in [0.3, 0.4) is 0 Å². The van der Waals surface area contributed by atoms with Crippen molar-refractivity contribution in [2.75, 3.05) is 0 Å². The molecule has 1 aromatic carbocycles. The van der Waals surface area contributed by atoms with Crippen molar-refractivity contribution >= 4 is 22.6 Å². The normalized spacial score (nSPS) is 14.3. The highest BCUT2D eigenvalue weighted by molar-refractivity contribution is 6.31. The quantitative estimate of drug-likeness (QED) is 0.769. The Morgan fingerprint density at radius 3 is 2.62 bits per heavy atom. The summed E-state index contributed by atoms with van der Waals surface area (Å²) >= 11 is 5.63. The van der Waals surface area contributed by atoms with Crippen molar-refractivity contribution in [3.8, 4) is 0 Å². The topological polar surface area (TPSA) is 28.7 Å². The van der Waals surface area contributed by atoms with Crippen LogP contribution >= 0.6 is 11.6 Å². The van der Waals surface area contributed by atoms with Gasteiger partial charge in [0, 0.05) is 5.02 Å². The van der Waals surface area contributed by atoms with Gasteiger partial charge in [0.25, 0.3) is 6.17 Å². The molecule has 0 fully saturated rings. The van der Waals surface area contributed by atoms with E-state index in [1.54, 1.807) is 0 Å². The number of hydrogen-bond acceptors (Lipinski definition) is 1. The van der Waals surface area contributed by atoms with E-state index in [2.05, 4.69) is 9.97 Å². The highest BCUT2D eigenvalue weighted by Gasteiger charge is 2.43. The molecule has 1 aromatic heterocycles. The van der Waals surface area contributed by atoms with Gasteiger partial charge in [0.15, 0.2) is 5.82 Å². The average Bonchev–Trinajstić information content (AvgIpc) is 2.57. The van der Waals surface area contributed by atoms with Gasteiger partial charge < -0.3 is 4.98 Å². The molecule has 0 saturated carbocycles. The smallest absolute Gasteiger partial charge is 0.339 e. The summed E-state index contributed by atoms with van der Waals surface area (Å²) < 4.78 is 49.2. The molecular weight excluding hydrogens is 248 g/mol. The van der Waals surface area contributed by atoms with Gasteiger partial charge in [-0.3, -0.25) is 0 Å². The number of nitrogens with one attached hydrogen (secondary N) is 1. The lowest BCUT2D eigenvalue weighted by Crippen LogP contribution is -2.17. The van der Waals surface area contributed by atoms with Crippen LogP contribution in [-0.4, -0.2) is 16.1 Å². The highest BCUT2D eigenvalue weighted by Crippen LogP contribution is 2.35. The molecule has 16 heavy (non-hydrogen) atoms. The summed E-state index contributed by atoms with van der Waals surface area (Å²) in [7, 11) is 0. The standard InChI is InChI=1S/C9H5ClF4N2/c10-4-1-2-5-6(3-4)16-8(15-5)7(11)9(12,13)14/h1-3,7H,(H,15,16). The molecule has 2 nitrogen and oxygen atoms in total. The number of imidazole rings is 1. The Balaban J connectivity index is 2.47. The fourth-order valence-electron chi connectivity index (χ4n) is 1.28. The average molecular weight is 253 g/mol. The van der Waals surface area contributed by atoms with E-state index in [4.69, 9.17) is 11.6 Å². The molecule has 1 N–H and O–H groups in total. The number of halogens is 5. The molecule has 0 spiro atoms. The van der Waals surface area contributed by atoms with E-state index >= 15 is 0 Å². The first-order chi connectivity index (χ1) is 7.38. The lowest BCUT2D eigenvalue weighted by atomic mass is 10.3. The Morgan fingerprint density at radius 2 is 2.00 bits per heavy atom. The van der Waals surface area contributed by atoms with Crippen LogP contribution in [0.15, 0.2) is 18.2 Å². The maximum Gasteiger partial charge on any atom is 0.427 e. The number of hydrogen-bond donors (Lipinski definition) is 1. The van der Waals surface area contributed by atoms with Gasteiger partial charge in [-0.05, 0) is 18.2 Å². The maximum atomic E-state index is 12.9. The molecule has 0 radical (unpaired) electrons. The van der Waals surface area contributed by atoms with E-state index in [0.29, 0.717) is 5.02 Å². The van der Waals surface area contributed by atoms with E-state index in [1.807, 2.05) is 0 Å². The van der Waals surface area contributed by atoms with Crippen molar-refractivity contribution in [2.24, 2.45) is 0 Å². The zero-order valence-electron chi connectivity index (χ0n) is 7.65. The third kappa shape index (κ3) is 1.97. The molecule has 1 heterocycles. The molecule has 7 heteroatoms. The Labute approximate surface area is 92.2 Å². The number of nitrogens with zero attached hydrogens (tertiary/aromatic N) is 1. The van der Waals surface area contributed by atoms with Crippen molar-refractivity contribution < 1.29 is 17.6 Å². The van der Waals surface area contributed by atoms with E-state index in [-0.39, 0.29) is 11.0 Å². The predicted molar refractivity (Wildman–Crippen MR) is 51.0 cm³/mol. The second-order valence-corrected chi connectivity index (χ2v) is 3.62. The Hall–Kier alpha value is -1.30. The van der Waals surface area contributed by atoms with Gasteiger partial charge in [0.05, 0.1) is 11.0 Å². The van der Waals surface area contributed by atoms with E-state index in [0.717, 1.165) is 0 Å². The van der Waals surface area contributed by atoms with Gasteiger partial charge >= 0.3 is 6.18 Å². The van der Waals surface area contributed by atoms with Crippen LogP contribution < -0.4 is 0 Å². The van der Waals surface area contributed by atoms with Crippen molar-refractivity contribution in [1.82, 2.24) is 9.97 Å². The van der Waals surface area contributed by atoms with Crippen LogP contribution in [0.5, 0.6) is 0 Å². The highest BCUT2D eigenvalue weighted by atomic mass is 35.5. The van der Waals surface area contributed by atoms with Crippen molar-refractivity contribution in [3.63, 3.8) is 0 Å². The lowest BCUT2D eigenvalue weighted by Gasteiger charge is -2.08. The maximum absolute atomic E-state index is 12.9. The minimum Gasteiger partial charge on any atom is -0.339 e. The summed E-state index contributed by atoms with van der Waals surface area (Å²) in [5, 5.41) is 0.338. The van der Waals surface area contributed by atoms with Crippen LogP contribution in [0.25, 0.3) is 11.0 Å². The minimum atomic E-state index is -4.96. The molecule has 0 aliphatic carbocycles. The van der Waals surface area contributed by atoms with E-state index < -0.39 is 18.2 Å². The van der Waals surface area contributed by atoms with Gasteiger partial charge in [-0.15, -0.1) is 0 Å². The Morgan fingerprint density at radius 1 is 1.31 bits per heavy atom. The van der Waals surface area contributed by atoms with Crippen molar-refractivity contribution in [2.45, 2.75) is 12.3 Å². The van der Waals surface area contributed by atoms with Gasteiger partial charge in [-0.25, -0.2) is 9.37 Å². The summed E-state index contributed by atoms with van der Waals surface area (Å²) in [4.78, 5) is 5.76. The van der Waals surface area contributed by atoms with E-state index in [1.165, 1.54) is 18.2 Å². The first-order valence-electron chi connectivity index (χ1n) is 4.24. The third-order valence-electron chi connectivity index (χ3n) is 1.99. The van der Waals surface area contributed by atoms with Gasteiger partial charge in [0.2, 0.25) is 0 Å². The van der Waals surface area contributed by atoms with Gasteiger partial charge in [0.1, 0.15) is 0 Å². The number of benzene rings is 1. The molecule has 2 rings (SSSR count). The Bertz CT molecular complexity index is 520. The third-order valence-corrected chi connectivity index (χ3v) is 2.22. The summed E-state index contributed by atoms with van der Waals surface area (Å²) in [6, 6.07) is 4.27. The van der Waals surface area contributed by atoms with Crippen LogP contribution in [0.1, 0.15) is 12.0 Å². The lowest BCUT2D eigenvalue weighted by molar-refractivity contribution is -0.184. The summed E-state index contributed by atoms with van der Waals surface area (Å²) in [6.07, 6.45) is -8.07. The van der Waals surface area contributed by atoms with Crippen molar-refractivity contribution in [1.29, 1.82) is 0 Å². The number of rotatable bonds is 1. The summed E-state index contributed by atoms with van der Waals surface area (Å²) in [5.41, 5.74) is 0.515. The fraction of sp³-hybridized carbons (Fsp3) is 0.222. The SMILES string of the molecule is FC(c1nc2ccc(Cl)cc2[nH]1)C(F)(F)F. The molecule has 0 aliphatic rings. The molecule has 0 saturated heterocycles. The van der Waals surface area contributed by atoms with Crippen molar-refractivity contribution in [3.05, 3.63) is 29.0 Å². The molecule has 0 bridgehead atoms. The second-order valence-electron chi connectivity index (χ2n) is 3.19. The van der Waals surface area contributed by atoms with Gasteiger partial charge in [-0.2, -0.15) is 13.2 Å². The molecule has 0 amide bonds. The molecule has 1 atom stereocenters. The first kappa shape index (κ1) is 11.2. The summed E-state index contributed by atoms with van der Waals surface area (Å²) in [5.74, 6) is -0.759. The zero-order chi connectivity index (χ0) is 11.9. The van der Waals surface area contributed by atoms with Crippen LogP contribution in [-0.2, 0) is 0 Å². The largest absolute Gasteiger partial charge is 0.427 e. The van der Waals surface area contributed by atoms with E-state index in [9.17, 15) is 17.6 Å². The van der Waals surface area contributed by atoms with Crippen LogP contribution in [0.2, 0.25) is 5.02 Å².